The van der Waals surface area contributed by atoms with E-state index in [1.54, 1.807) is 12.1 Å². The Balaban J connectivity index is 1.22. The molecule has 1 aromatic carbocycles. The van der Waals surface area contributed by atoms with Crippen molar-refractivity contribution in [2.45, 2.75) is 31.8 Å². The second-order valence-electron chi connectivity index (χ2n) is 6.50. The molecule has 10 heteroatoms. The molecule has 28 heavy (non-hydrogen) atoms. The van der Waals surface area contributed by atoms with E-state index in [0.29, 0.717) is 49.2 Å². The second-order valence-corrected chi connectivity index (χ2v) is 6.50. The van der Waals surface area contributed by atoms with Crippen LogP contribution in [0.15, 0.2) is 35.1 Å². The van der Waals surface area contributed by atoms with Crippen LogP contribution in [0.3, 0.4) is 0 Å². The molecule has 3 aromatic rings. The maximum atomic E-state index is 13.0. The Morgan fingerprint density at radius 3 is 2.79 bits per heavy atom. The number of piperidine rings is 1. The van der Waals surface area contributed by atoms with Gasteiger partial charge in [0.15, 0.2) is 5.82 Å². The third-order valence-electron chi connectivity index (χ3n) is 4.56. The first-order valence-electron chi connectivity index (χ1n) is 9.06. The normalized spacial score (nSPS) is 15.0. The second kappa shape index (κ2) is 8.15. The number of aryl methyl sites for hydroxylation is 1. The number of nitrogens with zero attached hydrogens (tertiary/aromatic N) is 5. The third-order valence-corrected chi connectivity index (χ3v) is 4.56. The Bertz CT molecular complexity index is 904. The molecule has 1 N–H and O–H groups in total. The average Bonchev–Trinajstić information content (AvgIpc) is 3.40. The fourth-order valence-corrected chi connectivity index (χ4v) is 3.07. The van der Waals surface area contributed by atoms with E-state index in [1.807, 2.05) is 4.90 Å². The summed E-state index contributed by atoms with van der Waals surface area (Å²) in [7, 11) is 0. The maximum absolute atomic E-state index is 13.0. The molecule has 9 nitrogen and oxygen atoms in total. The Morgan fingerprint density at radius 1 is 1.29 bits per heavy atom. The molecule has 2 aromatic heterocycles. The lowest BCUT2D eigenvalue weighted by Gasteiger charge is -2.32. The zero-order valence-corrected chi connectivity index (χ0v) is 15.0. The first kappa shape index (κ1) is 18.1. The van der Waals surface area contributed by atoms with E-state index in [1.165, 1.54) is 18.5 Å². The van der Waals surface area contributed by atoms with E-state index in [-0.39, 0.29) is 17.8 Å². The van der Waals surface area contributed by atoms with Crippen molar-refractivity contribution < 1.29 is 18.4 Å². The molecule has 3 heterocycles. The van der Waals surface area contributed by atoms with Crippen molar-refractivity contribution in [3.8, 4) is 17.4 Å². The van der Waals surface area contributed by atoms with E-state index in [2.05, 4.69) is 25.3 Å². The van der Waals surface area contributed by atoms with Crippen LogP contribution < -0.4 is 4.74 Å². The SMILES string of the molecule is O=C(CCc1nc(-c2ncn[nH]2)no1)N1CCC(Oc2ccc(F)cc2)CC1. The molecule has 0 saturated carbocycles. The fourth-order valence-electron chi connectivity index (χ4n) is 3.07. The van der Waals surface area contributed by atoms with Crippen LogP contribution in [0.5, 0.6) is 5.75 Å². The number of carbonyl (C=O) groups is 1. The number of halogens is 1. The van der Waals surface area contributed by atoms with Gasteiger partial charge in [-0.05, 0) is 24.3 Å². The van der Waals surface area contributed by atoms with Crippen LogP contribution in [0.4, 0.5) is 4.39 Å². The van der Waals surface area contributed by atoms with Gasteiger partial charge in [-0.25, -0.2) is 9.37 Å². The monoisotopic (exact) mass is 386 g/mol. The van der Waals surface area contributed by atoms with E-state index < -0.39 is 0 Å². The van der Waals surface area contributed by atoms with E-state index in [4.69, 9.17) is 9.26 Å². The number of aromatic amines is 1. The highest BCUT2D eigenvalue weighted by Gasteiger charge is 2.24. The Labute approximate surface area is 159 Å². The number of likely N-dealkylation sites (tertiary alicyclic amines) is 1. The number of rotatable bonds is 6. The number of hydrogen-bond donors (Lipinski definition) is 1. The van der Waals surface area contributed by atoms with Gasteiger partial charge in [-0.1, -0.05) is 5.16 Å². The van der Waals surface area contributed by atoms with Crippen LogP contribution in [0, 0.1) is 5.82 Å². The standard InChI is InChI=1S/C18H19FN6O3/c19-12-1-3-13(4-2-12)27-14-7-9-25(10-8-14)16(26)6-5-15-22-18(24-28-15)17-20-11-21-23-17/h1-4,11,14H,5-10H2,(H,20,21,23). The van der Waals surface area contributed by atoms with Gasteiger partial charge < -0.3 is 14.2 Å². The summed E-state index contributed by atoms with van der Waals surface area (Å²) in [6.45, 7) is 1.25. The van der Waals surface area contributed by atoms with Crippen molar-refractivity contribution in [1.82, 2.24) is 30.2 Å². The summed E-state index contributed by atoms with van der Waals surface area (Å²) in [5.41, 5.74) is 0. The van der Waals surface area contributed by atoms with Gasteiger partial charge in [0.05, 0.1) is 0 Å². The van der Waals surface area contributed by atoms with E-state index >= 15 is 0 Å². The molecule has 0 spiro atoms. The molecule has 1 fully saturated rings. The van der Waals surface area contributed by atoms with Gasteiger partial charge >= 0.3 is 0 Å². The Morgan fingerprint density at radius 2 is 2.07 bits per heavy atom. The fraction of sp³-hybridized carbons (Fsp3) is 0.389. The number of benzene rings is 1. The van der Waals surface area contributed by atoms with E-state index in [0.717, 1.165) is 12.8 Å². The smallest absolute Gasteiger partial charge is 0.239 e. The zero-order valence-electron chi connectivity index (χ0n) is 15.0. The lowest BCUT2D eigenvalue weighted by molar-refractivity contribution is -0.133. The number of hydrogen-bond acceptors (Lipinski definition) is 7. The molecule has 0 radical (unpaired) electrons. The quantitative estimate of drug-likeness (QED) is 0.690. The molecule has 1 aliphatic rings. The van der Waals surface area contributed by atoms with Gasteiger partial charge in [-0.15, -0.1) is 0 Å². The zero-order chi connectivity index (χ0) is 19.3. The topological polar surface area (TPSA) is 110 Å². The predicted molar refractivity (Wildman–Crippen MR) is 94.6 cm³/mol. The minimum atomic E-state index is -0.290. The molecule has 0 unspecified atom stereocenters. The number of amides is 1. The van der Waals surface area contributed by atoms with Crippen LogP contribution in [-0.4, -0.2) is 55.3 Å². The first-order valence-corrected chi connectivity index (χ1v) is 9.06. The Kier molecular flexibility index (Phi) is 5.27. The van der Waals surface area contributed by atoms with Crippen LogP contribution >= 0.6 is 0 Å². The molecular formula is C18H19FN6O3. The summed E-state index contributed by atoms with van der Waals surface area (Å²) >= 11 is 0. The minimum absolute atomic E-state index is 0.0231. The molecule has 1 aliphatic heterocycles. The number of carbonyl (C=O) groups excluding carboxylic acids is 1. The number of nitrogens with one attached hydrogen (secondary N) is 1. The van der Waals surface area contributed by atoms with Gasteiger partial charge in [0.25, 0.3) is 0 Å². The predicted octanol–water partition coefficient (Wildman–Crippen LogP) is 2.00. The number of H-pyrrole nitrogens is 1. The van der Waals surface area contributed by atoms with Crippen molar-refractivity contribution in [2.75, 3.05) is 13.1 Å². The van der Waals surface area contributed by atoms with Gasteiger partial charge in [0.2, 0.25) is 17.6 Å². The molecule has 1 saturated heterocycles. The van der Waals surface area contributed by atoms with Crippen molar-refractivity contribution in [1.29, 1.82) is 0 Å². The summed E-state index contributed by atoms with van der Waals surface area (Å²) < 4.78 is 24.0. The van der Waals surface area contributed by atoms with Crippen molar-refractivity contribution >= 4 is 5.91 Å². The summed E-state index contributed by atoms with van der Waals surface area (Å²) in [6, 6.07) is 5.98. The van der Waals surface area contributed by atoms with Gasteiger partial charge in [0.1, 0.15) is 24.0 Å². The van der Waals surface area contributed by atoms with Crippen molar-refractivity contribution in [2.24, 2.45) is 0 Å². The highest BCUT2D eigenvalue weighted by atomic mass is 19.1. The summed E-state index contributed by atoms with van der Waals surface area (Å²) in [5, 5.41) is 10.2. The van der Waals surface area contributed by atoms with Gasteiger partial charge in [-0.3, -0.25) is 9.89 Å². The lowest BCUT2D eigenvalue weighted by Crippen LogP contribution is -2.41. The molecule has 146 valence electrons. The molecule has 4 rings (SSSR count). The summed E-state index contributed by atoms with van der Waals surface area (Å²) in [6.07, 6.45) is 3.51. The Hall–Kier alpha value is -3.30. The molecular weight excluding hydrogens is 367 g/mol. The molecule has 0 atom stereocenters. The van der Waals surface area contributed by atoms with Crippen LogP contribution in [0.1, 0.15) is 25.2 Å². The minimum Gasteiger partial charge on any atom is -0.490 e. The molecule has 0 aliphatic carbocycles. The van der Waals surface area contributed by atoms with Crippen LogP contribution in [-0.2, 0) is 11.2 Å². The third kappa shape index (κ3) is 4.33. The van der Waals surface area contributed by atoms with Gasteiger partial charge in [0, 0.05) is 38.8 Å². The maximum Gasteiger partial charge on any atom is 0.239 e. The average molecular weight is 386 g/mol. The number of ether oxygens (including phenoxy) is 1. The number of aromatic nitrogens is 5. The first-order chi connectivity index (χ1) is 13.7. The summed E-state index contributed by atoms with van der Waals surface area (Å²) in [5.74, 6) is 1.52. The highest BCUT2D eigenvalue weighted by molar-refractivity contribution is 5.76. The van der Waals surface area contributed by atoms with Crippen molar-refractivity contribution in [3.63, 3.8) is 0 Å². The van der Waals surface area contributed by atoms with E-state index in [9.17, 15) is 9.18 Å². The molecule has 0 bridgehead atoms. The van der Waals surface area contributed by atoms with Crippen LogP contribution in [0.2, 0.25) is 0 Å². The largest absolute Gasteiger partial charge is 0.490 e. The van der Waals surface area contributed by atoms with Gasteiger partial charge in [-0.2, -0.15) is 10.1 Å². The van der Waals surface area contributed by atoms with Crippen molar-refractivity contribution in [3.05, 3.63) is 42.3 Å². The molecule has 1 amide bonds. The summed E-state index contributed by atoms with van der Waals surface area (Å²) in [4.78, 5) is 22.4. The lowest BCUT2D eigenvalue weighted by atomic mass is 10.1. The highest BCUT2D eigenvalue weighted by Crippen LogP contribution is 2.20. The van der Waals surface area contributed by atoms with Crippen LogP contribution in [0.25, 0.3) is 11.6 Å².